The molecule has 2 heterocycles. The number of rotatable bonds is 1. The average molecular weight is 210 g/mol. The maximum atomic E-state index is 11.6. The van der Waals surface area contributed by atoms with Gasteiger partial charge in [0.15, 0.2) is 0 Å². The highest BCUT2D eigenvalue weighted by Gasteiger charge is 2.38. The molecule has 2 aliphatic rings. The molecule has 3 amide bonds. The van der Waals surface area contributed by atoms with E-state index in [-0.39, 0.29) is 30.6 Å². The lowest BCUT2D eigenvalue weighted by molar-refractivity contribution is -0.146. The third-order valence-corrected chi connectivity index (χ3v) is 2.91. The molecular formula is C10H14N2O3. The van der Waals surface area contributed by atoms with Crippen LogP contribution in [0.1, 0.15) is 32.1 Å². The van der Waals surface area contributed by atoms with E-state index in [0.29, 0.717) is 13.0 Å². The topological polar surface area (TPSA) is 66.5 Å². The summed E-state index contributed by atoms with van der Waals surface area (Å²) in [6.45, 7) is 0.644. The number of nitrogens with one attached hydrogen (secondary N) is 1. The van der Waals surface area contributed by atoms with Crippen LogP contribution in [-0.4, -0.2) is 35.2 Å². The van der Waals surface area contributed by atoms with Gasteiger partial charge in [-0.15, -0.1) is 0 Å². The fourth-order valence-electron chi connectivity index (χ4n) is 2.11. The molecule has 0 spiro atoms. The van der Waals surface area contributed by atoms with E-state index in [2.05, 4.69) is 5.32 Å². The Hall–Kier alpha value is -1.39. The summed E-state index contributed by atoms with van der Waals surface area (Å²) in [5, 5.41) is 2.73. The van der Waals surface area contributed by atoms with Crippen LogP contribution < -0.4 is 5.32 Å². The van der Waals surface area contributed by atoms with Crippen molar-refractivity contribution >= 4 is 17.7 Å². The van der Waals surface area contributed by atoms with Crippen LogP contribution in [0.2, 0.25) is 0 Å². The molecule has 1 N–H and O–H groups in total. The zero-order chi connectivity index (χ0) is 10.8. The molecule has 2 aliphatic heterocycles. The van der Waals surface area contributed by atoms with Crippen LogP contribution in [0.25, 0.3) is 0 Å². The van der Waals surface area contributed by atoms with Crippen molar-refractivity contribution in [3.8, 4) is 0 Å². The Bertz CT molecular complexity index is 298. The molecule has 5 nitrogen and oxygen atoms in total. The lowest BCUT2D eigenvalue weighted by atomic mass is 10.1. The highest BCUT2D eigenvalue weighted by atomic mass is 16.2. The first-order chi connectivity index (χ1) is 7.20. The minimum atomic E-state index is -0.560. The first-order valence-corrected chi connectivity index (χ1v) is 5.33. The van der Waals surface area contributed by atoms with Crippen molar-refractivity contribution in [2.45, 2.75) is 38.1 Å². The molecule has 0 aromatic heterocycles. The van der Waals surface area contributed by atoms with Crippen molar-refractivity contribution in [3.05, 3.63) is 0 Å². The first-order valence-electron chi connectivity index (χ1n) is 5.33. The Labute approximate surface area is 87.8 Å². The molecule has 0 bridgehead atoms. The normalized spacial score (nSPS) is 27.9. The Morgan fingerprint density at radius 1 is 1.07 bits per heavy atom. The van der Waals surface area contributed by atoms with Crippen molar-refractivity contribution < 1.29 is 14.4 Å². The lowest BCUT2D eigenvalue weighted by Gasteiger charge is -2.23. The number of amides is 3. The third-order valence-electron chi connectivity index (χ3n) is 2.91. The van der Waals surface area contributed by atoms with E-state index in [4.69, 9.17) is 0 Å². The highest BCUT2D eigenvalue weighted by molar-refractivity contribution is 6.05. The molecule has 0 aromatic rings. The van der Waals surface area contributed by atoms with E-state index in [1.807, 2.05) is 0 Å². The van der Waals surface area contributed by atoms with Crippen LogP contribution in [0.5, 0.6) is 0 Å². The fourth-order valence-corrected chi connectivity index (χ4v) is 2.11. The van der Waals surface area contributed by atoms with E-state index >= 15 is 0 Å². The van der Waals surface area contributed by atoms with E-state index in [9.17, 15) is 14.4 Å². The second-order valence-corrected chi connectivity index (χ2v) is 3.96. The van der Waals surface area contributed by atoms with Crippen molar-refractivity contribution in [1.82, 2.24) is 10.2 Å². The van der Waals surface area contributed by atoms with Crippen LogP contribution in [0, 0.1) is 0 Å². The monoisotopic (exact) mass is 210 g/mol. The summed E-state index contributed by atoms with van der Waals surface area (Å²) < 4.78 is 0. The third kappa shape index (κ3) is 1.86. The molecule has 0 aliphatic carbocycles. The summed E-state index contributed by atoms with van der Waals surface area (Å²) in [5.74, 6) is -0.597. The highest BCUT2D eigenvalue weighted by Crippen LogP contribution is 2.20. The van der Waals surface area contributed by atoms with Gasteiger partial charge in [0.25, 0.3) is 0 Å². The Morgan fingerprint density at radius 2 is 1.73 bits per heavy atom. The number of hydrogen-bond acceptors (Lipinski definition) is 3. The van der Waals surface area contributed by atoms with Crippen LogP contribution in [0.3, 0.4) is 0 Å². The number of nitrogens with zero attached hydrogens (tertiary/aromatic N) is 1. The van der Waals surface area contributed by atoms with Gasteiger partial charge in [0.2, 0.25) is 17.7 Å². The lowest BCUT2D eigenvalue weighted by Crippen LogP contribution is -2.48. The molecular weight excluding hydrogens is 196 g/mol. The molecule has 2 rings (SSSR count). The molecule has 0 saturated carbocycles. The first kappa shape index (κ1) is 10.1. The summed E-state index contributed by atoms with van der Waals surface area (Å²) in [7, 11) is 0. The summed E-state index contributed by atoms with van der Waals surface area (Å²) >= 11 is 0. The molecule has 82 valence electrons. The van der Waals surface area contributed by atoms with Crippen molar-refractivity contribution in [2.24, 2.45) is 0 Å². The molecule has 1 atom stereocenters. The van der Waals surface area contributed by atoms with Gasteiger partial charge >= 0.3 is 0 Å². The van der Waals surface area contributed by atoms with Crippen molar-refractivity contribution in [2.75, 3.05) is 6.54 Å². The Kier molecular flexibility index (Phi) is 2.70. The molecule has 0 aromatic carbocycles. The van der Waals surface area contributed by atoms with Gasteiger partial charge in [-0.1, -0.05) is 0 Å². The van der Waals surface area contributed by atoms with E-state index in [1.54, 1.807) is 0 Å². The van der Waals surface area contributed by atoms with Gasteiger partial charge in [0.05, 0.1) is 0 Å². The summed E-state index contributed by atoms with van der Waals surface area (Å²) in [6.07, 6.45) is 2.90. The van der Waals surface area contributed by atoms with Gasteiger partial charge in [0, 0.05) is 19.4 Å². The number of likely N-dealkylation sites (tertiary alicyclic amines) is 1. The van der Waals surface area contributed by atoms with E-state index < -0.39 is 6.04 Å². The predicted molar refractivity (Wildman–Crippen MR) is 51.7 cm³/mol. The second kappa shape index (κ2) is 4.00. The van der Waals surface area contributed by atoms with E-state index in [0.717, 1.165) is 17.7 Å². The molecule has 2 fully saturated rings. The Balaban J connectivity index is 2.16. The average Bonchev–Trinajstić information content (AvgIpc) is 2.42. The molecule has 15 heavy (non-hydrogen) atoms. The van der Waals surface area contributed by atoms with Gasteiger partial charge in [-0.2, -0.15) is 0 Å². The number of carbonyl (C=O) groups excluding carboxylic acids is 3. The second-order valence-electron chi connectivity index (χ2n) is 3.96. The maximum Gasteiger partial charge on any atom is 0.243 e. The fraction of sp³-hybridized carbons (Fsp3) is 0.700. The van der Waals surface area contributed by atoms with Gasteiger partial charge in [0.1, 0.15) is 6.04 Å². The van der Waals surface area contributed by atoms with E-state index in [1.165, 1.54) is 0 Å². The van der Waals surface area contributed by atoms with Gasteiger partial charge in [-0.05, 0) is 19.3 Å². The number of hydrogen-bond donors (Lipinski definition) is 1. The smallest absolute Gasteiger partial charge is 0.243 e. The summed E-state index contributed by atoms with van der Waals surface area (Å²) in [6, 6.07) is -0.560. The van der Waals surface area contributed by atoms with Crippen molar-refractivity contribution in [3.63, 3.8) is 0 Å². The summed E-state index contributed by atoms with van der Waals surface area (Å²) in [4.78, 5) is 35.7. The molecule has 1 unspecified atom stereocenters. The largest absolute Gasteiger partial charge is 0.354 e. The standard InChI is InChI=1S/C10H14N2O3/c13-8-4-5-9(14)12(8)7-3-1-2-6-11-10(7)15/h7H,1-6H2,(H,11,15). The molecule has 5 heteroatoms. The minimum absolute atomic E-state index is 0.184. The van der Waals surface area contributed by atoms with Crippen LogP contribution in [0.4, 0.5) is 0 Å². The SMILES string of the molecule is O=C1NCCCCC1N1C(=O)CCC1=O. The number of carbonyl (C=O) groups is 3. The van der Waals surface area contributed by atoms with Gasteiger partial charge in [-0.3, -0.25) is 19.3 Å². The predicted octanol–water partition coefficient (Wildman–Crippen LogP) is -0.196. The quantitative estimate of drug-likeness (QED) is 0.610. The minimum Gasteiger partial charge on any atom is -0.354 e. The zero-order valence-electron chi connectivity index (χ0n) is 8.49. The van der Waals surface area contributed by atoms with Crippen LogP contribution >= 0.6 is 0 Å². The zero-order valence-corrected chi connectivity index (χ0v) is 8.49. The number of imide groups is 1. The van der Waals surface area contributed by atoms with Crippen LogP contribution in [0.15, 0.2) is 0 Å². The maximum absolute atomic E-state index is 11.6. The molecule has 2 saturated heterocycles. The van der Waals surface area contributed by atoms with Gasteiger partial charge < -0.3 is 5.32 Å². The molecule has 0 radical (unpaired) electrons. The Morgan fingerprint density at radius 3 is 2.40 bits per heavy atom. The summed E-state index contributed by atoms with van der Waals surface area (Å²) in [5.41, 5.74) is 0. The van der Waals surface area contributed by atoms with Gasteiger partial charge in [-0.25, -0.2) is 0 Å². The van der Waals surface area contributed by atoms with Crippen molar-refractivity contribution in [1.29, 1.82) is 0 Å². The van der Waals surface area contributed by atoms with Crippen LogP contribution in [-0.2, 0) is 14.4 Å².